The Morgan fingerprint density at radius 2 is 1.95 bits per heavy atom. The van der Waals surface area contributed by atoms with Crippen molar-refractivity contribution >= 4 is 16.0 Å². The Morgan fingerprint density at radius 3 is 2.38 bits per heavy atom. The van der Waals surface area contributed by atoms with Crippen molar-refractivity contribution < 1.29 is 27.1 Å². The highest BCUT2D eigenvalue weighted by Crippen LogP contribution is 2.39. The molecule has 118 valence electrons. The second-order valence-electron chi connectivity index (χ2n) is 5.23. The molecule has 2 rings (SSSR count). The highest BCUT2D eigenvalue weighted by atomic mass is 32.2. The lowest BCUT2D eigenvalue weighted by molar-refractivity contribution is -0.149. The number of carbonyl (C=O) groups is 1. The fourth-order valence-corrected chi connectivity index (χ4v) is 3.64. The van der Waals surface area contributed by atoms with Crippen LogP contribution in [0.5, 0.6) is 0 Å². The van der Waals surface area contributed by atoms with Crippen LogP contribution in [0.2, 0.25) is 0 Å². The largest absolute Gasteiger partial charge is 0.480 e. The maximum Gasteiger partial charge on any atom is 0.324 e. The Bertz CT molecular complexity index is 646. The number of carboxylic acids is 1. The van der Waals surface area contributed by atoms with Gasteiger partial charge in [-0.15, -0.1) is 0 Å². The molecule has 0 atom stereocenters. The summed E-state index contributed by atoms with van der Waals surface area (Å²) >= 11 is 0. The van der Waals surface area contributed by atoms with Gasteiger partial charge in [0.05, 0.1) is 6.33 Å². The molecular weight excluding hydrogens is 308 g/mol. The van der Waals surface area contributed by atoms with Gasteiger partial charge < -0.3 is 9.67 Å². The normalized spacial score (nSPS) is 21.1. The zero-order chi connectivity index (χ0) is 15.9. The van der Waals surface area contributed by atoms with Gasteiger partial charge >= 0.3 is 5.97 Å². The lowest BCUT2D eigenvalue weighted by Crippen LogP contribution is -2.57. The lowest BCUT2D eigenvalue weighted by atomic mass is 9.81. The van der Waals surface area contributed by atoms with Crippen molar-refractivity contribution in [2.45, 2.75) is 42.2 Å². The minimum absolute atomic E-state index is 0.344. The van der Waals surface area contributed by atoms with Gasteiger partial charge in [0.15, 0.2) is 5.03 Å². The number of rotatable bonds is 4. The van der Waals surface area contributed by atoms with Crippen LogP contribution in [-0.2, 0) is 21.9 Å². The average molecular weight is 323 g/mol. The number of halogens is 2. The summed E-state index contributed by atoms with van der Waals surface area (Å²) in [6, 6.07) is 0. The lowest BCUT2D eigenvalue weighted by Gasteiger charge is -2.36. The van der Waals surface area contributed by atoms with Gasteiger partial charge in [0.2, 0.25) is 5.92 Å². The van der Waals surface area contributed by atoms with Crippen LogP contribution in [0.3, 0.4) is 0 Å². The Hall–Kier alpha value is -1.55. The third-order valence-electron chi connectivity index (χ3n) is 3.53. The first kappa shape index (κ1) is 15.8. The molecule has 21 heavy (non-hydrogen) atoms. The maximum atomic E-state index is 13.2. The van der Waals surface area contributed by atoms with E-state index >= 15 is 0 Å². The topological polar surface area (TPSA) is 101 Å². The van der Waals surface area contributed by atoms with Crippen LogP contribution in [0.15, 0.2) is 17.6 Å². The van der Waals surface area contributed by atoms with Gasteiger partial charge in [0.1, 0.15) is 5.54 Å². The number of aliphatic carboxylic acids is 1. The predicted octanol–water partition coefficient (Wildman–Crippen LogP) is 0.731. The first-order chi connectivity index (χ1) is 9.56. The van der Waals surface area contributed by atoms with Crippen LogP contribution in [0, 0.1) is 0 Å². The maximum absolute atomic E-state index is 13.2. The second kappa shape index (κ2) is 5.02. The van der Waals surface area contributed by atoms with E-state index in [1.807, 2.05) is 4.72 Å². The van der Waals surface area contributed by atoms with Crippen LogP contribution >= 0.6 is 0 Å². The number of sulfonamides is 1. The van der Waals surface area contributed by atoms with Crippen molar-refractivity contribution in [3.8, 4) is 0 Å². The van der Waals surface area contributed by atoms with Crippen molar-refractivity contribution in [2.24, 2.45) is 7.05 Å². The molecule has 1 saturated carbocycles. The van der Waals surface area contributed by atoms with Crippen LogP contribution in [0.1, 0.15) is 25.7 Å². The molecule has 0 spiro atoms. The minimum atomic E-state index is -4.19. The summed E-state index contributed by atoms with van der Waals surface area (Å²) < 4.78 is 54.1. The zero-order valence-electron chi connectivity index (χ0n) is 11.2. The van der Waals surface area contributed by atoms with Crippen molar-refractivity contribution in [1.82, 2.24) is 14.3 Å². The van der Waals surface area contributed by atoms with Gasteiger partial charge in [0.25, 0.3) is 10.0 Å². The van der Waals surface area contributed by atoms with E-state index in [4.69, 9.17) is 0 Å². The van der Waals surface area contributed by atoms with E-state index in [-0.39, 0.29) is 5.03 Å². The van der Waals surface area contributed by atoms with E-state index < -0.39 is 53.1 Å². The summed E-state index contributed by atoms with van der Waals surface area (Å²) in [4.78, 5) is 15.0. The molecule has 1 aliphatic rings. The third-order valence-corrected chi connectivity index (χ3v) is 4.95. The molecule has 1 heterocycles. The van der Waals surface area contributed by atoms with Crippen LogP contribution < -0.4 is 4.72 Å². The first-order valence-electron chi connectivity index (χ1n) is 6.20. The number of aromatic nitrogens is 2. The van der Waals surface area contributed by atoms with Crippen LogP contribution in [0.25, 0.3) is 0 Å². The Labute approximate surface area is 120 Å². The molecule has 1 aromatic rings. The van der Waals surface area contributed by atoms with Gasteiger partial charge in [-0.2, -0.15) is 4.72 Å². The molecule has 1 aromatic heterocycles. The summed E-state index contributed by atoms with van der Waals surface area (Å²) in [6.45, 7) is 0. The van der Waals surface area contributed by atoms with Gasteiger partial charge in [-0.05, 0) is 12.8 Å². The van der Waals surface area contributed by atoms with Gasteiger partial charge in [-0.1, -0.05) is 0 Å². The third kappa shape index (κ3) is 3.21. The van der Waals surface area contributed by atoms with Crippen molar-refractivity contribution in [1.29, 1.82) is 0 Å². The summed E-state index contributed by atoms with van der Waals surface area (Å²) in [7, 11) is -2.63. The monoisotopic (exact) mass is 323 g/mol. The number of hydrogen-bond acceptors (Lipinski definition) is 4. The van der Waals surface area contributed by atoms with Crippen LogP contribution in [0.4, 0.5) is 8.78 Å². The van der Waals surface area contributed by atoms with E-state index in [0.717, 1.165) is 0 Å². The van der Waals surface area contributed by atoms with Crippen LogP contribution in [-0.4, -0.2) is 40.5 Å². The number of carboxylic acid groups (broad SMARTS) is 1. The van der Waals surface area contributed by atoms with Gasteiger partial charge in [-0.3, -0.25) is 4.79 Å². The van der Waals surface area contributed by atoms with Crippen molar-refractivity contribution in [2.75, 3.05) is 0 Å². The number of hydrogen-bond donors (Lipinski definition) is 2. The molecule has 0 bridgehead atoms. The molecule has 7 nitrogen and oxygen atoms in total. The summed E-state index contributed by atoms with van der Waals surface area (Å²) in [6.07, 6.45) is 0.156. The van der Waals surface area contributed by atoms with E-state index in [2.05, 4.69) is 4.98 Å². The van der Waals surface area contributed by atoms with E-state index in [1.165, 1.54) is 17.1 Å². The highest BCUT2D eigenvalue weighted by molar-refractivity contribution is 7.89. The summed E-state index contributed by atoms with van der Waals surface area (Å²) in [5.41, 5.74) is -1.92. The fourth-order valence-electron chi connectivity index (χ4n) is 2.24. The van der Waals surface area contributed by atoms with E-state index in [9.17, 15) is 27.1 Å². The summed E-state index contributed by atoms with van der Waals surface area (Å²) in [5.74, 6) is -4.42. The molecule has 2 N–H and O–H groups in total. The van der Waals surface area contributed by atoms with Gasteiger partial charge in [-0.25, -0.2) is 22.2 Å². The molecule has 10 heteroatoms. The Morgan fingerprint density at radius 1 is 1.38 bits per heavy atom. The van der Waals surface area contributed by atoms with Crippen molar-refractivity contribution in [3.05, 3.63) is 12.5 Å². The first-order valence-corrected chi connectivity index (χ1v) is 7.68. The molecular formula is C11H15F2N3O4S. The molecule has 1 fully saturated rings. The number of imidazole rings is 1. The van der Waals surface area contributed by atoms with E-state index in [1.54, 1.807) is 7.05 Å². The average Bonchev–Trinajstić information content (AvgIpc) is 2.79. The fraction of sp³-hybridized carbons (Fsp3) is 0.636. The number of nitrogens with one attached hydrogen (secondary N) is 1. The van der Waals surface area contributed by atoms with Gasteiger partial charge in [0, 0.05) is 26.1 Å². The van der Waals surface area contributed by atoms with E-state index in [0.29, 0.717) is 0 Å². The zero-order valence-corrected chi connectivity index (χ0v) is 12.0. The quantitative estimate of drug-likeness (QED) is 0.850. The highest BCUT2D eigenvalue weighted by Gasteiger charge is 2.50. The Kier molecular flexibility index (Phi) is 3.79. The minimum Gasteiger partial charge on any atom is -0.480 e. The molecule has 1 aliphatic carbocycles. The smallest absolute Gasteiger partial charge is 0.324 e. The molecule has 0 aromatic carbocycles. The number of alkyl halides is 2. The predicted molar refractivity (Wildman–Crippen MR) is 67.3 cm³/mol. The summed E-state index contributed by atoms with van der Waals surface area (Å²) in [5, 5.41) is 8.93. The Balaban J connectivity index is 2.27. The number of nitrogens with zero attached hydrogens (tertiary/aromatic N) is 2. The SMILES string of the molecule is Cn1cnc(S(=O)(=O)NC2(C(=O)O)CCC(F)(F)CC2)c1. The molecule has 0 amide bonds. The molecule has 0 unspecified atom stereocenters. The van der Waals surface area contributed by atoms with Crippen molar-refractivity contribution in [3.63, 3.8) is 0 Å². The molecule has 0 radical (unpaired) electrons. The molecule has 0 aliphatic heterocycles. The molecule has 0 saturated heterocycles. The number of aryl methyl sites for hydroxylation is 1. The standard InChI is InChI=1S/C11H15F2N3O4S/c1-16-6-8(14-7-16)21(19,20)15-10(9(17)18)2-4-11(12,13)5-3-10/h6-7,15H,2-5H2,1H3,(H,17,18). The second-order valence-corrected chi connectivity index (χ2v) is 6.86.